The van der Waals surface area contributed by atoms with Crippen LogP contribution in [0.1, 0.15) is 23.0 Å². The molecule has 0 saturated heterocycles. The first kappa shape index (κ1) is 13.8. The van der Waals surface area contributed by atoms with Crippen molar-refractivity contribution in [2.75, 3.05) is 6.61 Å². The molecule has 0 aliphatic carbocycles. The highest BCUT2D eigenvalue weighted by Crippen LogP contribution is 2.19. The molecule has 0 N–H and O–H groups in total. The Morgan fingerprint density at radius 2 is 2.00 bits per heavy atom. The van der Waals surface area contributed by atoms with Gasteiger partial charge in [0.15, 0.2) is 5.69 Å². The number of ether oxygens (including phenoxy) is 1. The van der Waals surface area contributed by atoms with Gasteiger partial charge in [0.2, 0.25) is 0 Å². The van der Waals surface area contributed by atoms with Gasteiger partial charge in [-0.3, -0.25) is 0 Å². The normalized spacial score (nSPS) is 10.5. The van der Waals surface area contributed by atoms with Crippen LogP contribution in [0.3, 0.4) is 0 Å². The quantitative estimate of drug-likeness (QED) is 0.815. The van der Waals surface area contributed by atoms with E-state index >= 15 is 0 Å². The Morgan fingerprint density at radius 3 is 2.63 bits per heavy atom. The summed E-state index contributed by atoms with van der Waals surface area (Å²) in [6, 6.07) is 5.20. The molecule has 2 aromatic rings. The molecule has 0 atom stereocenters. The van der Waals surface area contributed by atoms with Crippen molar-refractivity contribution in [2.24, 2.45) is 0 Å². The standard InChI is InChI=1S/C12H11Cl2N3O2/c1-2-19-12(18)11-7-17(16-15-11)6-8-3-9(13)5-10(14)4-8/h3-5,7H,2,6H2,1H3. The molecule has 100 valence electrons. The number of hydrogen-bond donors (Lipinski definition) is 0. The number of rotatable bonds is 4. The molecule has 1 heterocycles. The van der Waals surface area contributed by atoms with E-state index in [2.05, 4.69) is 10.3 Å². The van der Waals surface area contributed by atoms with Gasteiger partial charge in [-0.05, 0) is 30.7 Å². The fourth-order valence-electron chi connectivity index (χ4n) is 1.56. The van der Waals surface area contributed by atoms with E-state index in [1.807, 2.05) is 0 Å². The molecule has 5 nitrogen and oxygen atoms in total. The number of carbonyl (C=O) groups excluding carboxylic acids is 1. The van der Waals surface area contributed by atoms with Gasteiger partial charge in [-0.2, -0.15) is 0 Å². The van der Waals surface area contributed by atoms with Crippen molar-refractivity contribution in [3.8, 4) is 0 Å². The molecule has 0 radical (unpaired) electrons. The lowest BCUT2D eigenvalue weighted by Crippen LogP contribution is -2.05. The van der Waals surface area contributed by atoms with Gasteiger partial charge in [-0.15, -0.1) is 5.10 Å². The molecular formula is C12H11Cl2N3O2. The van der Waals surface area contributed by atoms with Crippen LogP contribution in [0.5, 0.6) is 0 Å². The van der Waals surface area contributed by atoms with Crippen molar-refractivity contribution in [3.63, 3.8) is 0 Å². The molecule has 2 rings (SSSR count). The zero-order valence-electron chi connectivity index (χ0n) is 10.1. The van der Waals surface area contributed by atoms with Crippen LogP contribution < -0.4 is 0 Å². The van der Waals surface area contributed by atoms with Gasteiger partial charge in [0.25, 0.3) is 0 Å². The van der Waals surface area contributed by atoms with Crippen molar-refractivity contribution in [2.45, 2.75) is 13.5 Å². The Hall–Kier alpha value is -1.59. The van der Waals surface area contributed by atoms with Gasteiger partial charge in [0.1, 0.15) is 0 Å². The van der Waals surface area contributed by atoms with Crippen molar-refractivity contribution in [3.05, 3.63) is 45.7 Å². The van der Waals surface area contributed by atoms with Gasteiger partial charge < -0.3 is 4.74 Å². The van der Waals surface area contributed by atoms with Crippen LogP contribution in [0.25, 0.3) is 0 Å². The minimum absolute atomic E-state index is 0.176. The lowest BCUT2D eigenvalue weighted by atomic mass is 10.2. The van der Waals surface area contributed by atoms with Gasteiger partial charge >= 0.3 is 5.97 Å². The van der Waals surface area contributed by atoms with E-state index in [0.717, 1.165) is 5.56 Å². The lowest BCUT2D eigenvalue weighted by molar-refractivity contribution is 0.0519. The molecule has 0 spiro atoms. The van der Waals surface area contributed by atoms with E-state index < -0.39 is 5.97 Å². The Balaban J connectivity index is 2.13. The zero-order chi connectivity index (χ0) is 13.8. The maximum Gasteiger partial charge on any atom is 0.360 e. The van der Waals surface area contributed by atoms with Crippen LogP contribution in [0, 0.1) is 0 Å². The third-order valence-corrected chi connectivity index (χ3v) is 2.73. The summed E-state index contributed by atoms with van der Waals surface area (Å²) in [5.74, 6) is -0.488. The summed E-state index contributed by atoms with van der Waals surface area (Å²) in [6.07, 6.45) is 1.52. The fraction of sp³-hybridized carbons (Fsp3) is 0.250. The highest BCUT2D eigenvalue weighted by molar-refractivity contribution is 6.34. The van der Waals surface area contributed by atoms with E-state index in [1.54, 1.807) is 25.1 Å². The van der Waals surface area contributed by atoms with Gasteiger partial charge in [0.05, 0.1) is 19.3 Å². The second-order valence-electron chi connectivity index (χ2n) is 3.80. The number of carbonyl (C=O) groups is 1. The molecule has 0 saturated carbocycles. The first-order chi connectivity index (χ1) is 9.08. The largest absolute Gasteiger partial charge is 0.461 e. The van der Waals surface area contributed by atoms with Crippen molar-refractivity contribution < 1.29 is 9.53 Å². The van der Waals surface area contributed by atoms with E-state index in [0.29, 0.717) is 23.2 Å². The number of benzene rings is 1. The van der Waals surface area contributed by atoms with Crippen LogP contribution in [-0.2, 0) is 11.3 Å². The summed E-state index contributed by atoms with van der Waals surface area (Å²) in [5, 5.41) is 8.70. The Bertz CT molecular complexity index is 578. The maximum absolute atomic E-state index is 11.4. The highest BCUT2D eigenvalue weighted by atomic mass is 35.5. The Kier molecular flexibility index (Phi) is 4.39. The molecule has 19 heavy (non-hydrogen) atoms. The second-order valence-corrected chi connectivity index (χ2v) is 4.67. The Morgan fingerprint density at radius 1 is 1.32 bits per heavy atom. The number of nitrogens with zero attached hydrogens (tertiary/aromatic N) is 3. The Labute approximate surface area is 120 Å². The van der Waals surface area contributed by atoms with Crippen LogP contribution in [0.15, 0.2) is 24.4 Å². The minimum atomic E-state index is -0.488. The average Bonchev–Trinajstić information content (AvgIpc) is 2.76. The van der Waals surface area contributed by atoms with Gasteiger partial charge in [-0.1, -0.05) is 28.4 Å². The van der Waals surface area contributed by atoms with Crippen LogP contribution >= 0.6 is 23.2 Å². The van der Waals surface area contributed by atoms with Crippen molar-refractivity contribution in [1.82, 2.24) is 15.0 Å². The molecule has 0 aliphatic heterocycles. The molecule has 0 aliphatic rings. The topological polar surface area (TPSA) is 57.0 Å². The molecule has 0 amide bonds. The van der Waals surface area contributed by atoms with E-state index in [1.165, 1.54) is 10.9 Å². The predicted octanol–water partition coefficient (Wildman–Crippen LogP) is 2.81. The molecule has 0 fully saturated rings. The van der Waals surface area contributed by atoms with Crippen molar-refractivity contribution >= 4 is 29.2 Å². The van der Waals surface area contributed by atoms with Gasteiger partial charge in [0, 0.05) is 10.0 Å². The average molecular weight is 300 g/mol. The monoisotopic (exact) mass is 299 g/mol. The lowest BCUT2D eigenvalue weighted by Gasteiger charge is -2.02. The van der Waals surface area contributed by atoms with Crippen LogP contribution in [-0.4, -0.2) is 27.6 Å². The first-order valence-corrected chi connectivity index (χ1v) is 6.36. The van der Waals surface area contributed by atoms with E-state index in [9.17, 15) is 4.79 Å². The first-order valence-electron chi connectivity index (χ1n) is 5.60. The predicted molar refractivity (Wildman–Crippen MR) is 71.5 cm³/mol. The second kappa shape index (κ2) is 6.04. The number of halogens is 2. The summed E-state index contributed by atoms with van der Waals surface area (Å²) in [5.41, 5.74) is 1.05. The fourth-order valence-corrected chi connectivity index (χ4v) is 2.13. The molecule has 1 aromatic heterocycles. The van der Waals surface area contributed by atoms with E-state index in [4.69, 9.17) is 27.9 Å². The van der Waals surface area contributed by atoms with Gasteiger partial charge in [-0.25, -0.2) is 9.48 Å². The smallest absolute Gasteiger partial charge is 0.360 e. The molecular weight excluding hydrogens is 289 g/mol. The molecule has 7 heteroatoms. The summed E-state index contributed by atoms with van der Waals surface area (Å²) in [4.78, 5) is 11.4. The maximum atomic E-state index is 11.4. The van der Waals surface area contributed by atoms with E-state index in [-0.39, 0.29) is 5.69 Å². The summed E-state index contributed by atoms with van der Waals surface area (Å²) >= 11 is 11.8. The van der Waals surface area contributed by atoms with Crippen LogP contribution in [0.2, 0.25) is 10.0 Å². The third-order valence-electron chi connectivity index (χ3n) is 2.29. The third kappa shape index (κ3) is 3.68. The SMILES string of the molecule is CCOC(=O)c1cn(Cc2cc(Cl)cc(Cl)c2)nn1. The summed E-state index contributed by atoms with van der Waals surface area (Å²) in [6.45, 7) is 2.46. The van der Waals surface area contributed by atoms with Crippen LogP contribution in [0.4, 0.5) is 0 Å². The minimum Gasteiger partial charge on any atom is -0.461 e. The number of esters is 1. The highest BCUT2D eigenvalue weighted by Gasteiger charge is 2.11. The molecule has 1 aromatic carbocycles. The molecule has 0 bridgehead atoms. The number of hydrogen-bond acceptors (Lipinski definition) is 4. The molecule has 0 unspecified atom stereocenters. The summed E-state index contributed by atoms with van der Waals surface area (Å²) in [7, 11) is 0. The number of aromatic nitrogens is 3. The van der Waals surface area contributed by atoms with Crippen molar-refractivity contribution in [1.29, 1.82) is 0 Å². The summed E-state index contributed by atoms with van der Waals surface area (Å²) < 4.78 is 6.35. The zero-order valence-corrected chi connectivity index (χ0v) is 11.6.